The minimum Gasteiger partial charge on any atom is -0.409 e. The van der Waals surface area contributed by atoms with Crippen LogP contribution in [0.15, 0.2) is 29.4 Å². The number of nitrogens with zero attached hydrogens (tertiary/aromatic N) is 2. The van der Waals surface area contributed by atoms with Gasteiger partial charge in [-0.3, -0.25) is 0 Å². The third-order valence-electron chi connectivity index (χ3n) is 3.96. The maximum atomic E-state index is 8.85. The number of amidine groups is 1. The van der Waals surface area contributed by atoms with Crippen LogP contribution in [0.1, 0.15) is 25.8 Å². The Bertz CT molecular complexity index is 444. The average Bonchev–Trinajstić information content (AvgIpc) is 2.41. The monoisotopic (exact) mass is 247 g/mol. The van der Waals surface area contributed by atoms with Gasteiger partial charge in [-0.1, -0.05) is 31.1 Å². The summed E-state index contributed by atoms with van der Waals surface area (Å²) in [7, 11) is 0. The molecule has 18 heavy (non-hydrogen) atoms. The molecule has 1 aliphatic rings. The van der Waals surface area contributed by atoms with Crippen molar-refractivity contribution >= 4 is 11.5 Å². The average molecular weight is 247 g/mol. The van der Waals surface area contributed by atoms with Crippen LogP contribution in [0, 0.1) is 11.8 Å². The molecule has 1 aromatic rings. The Morgan fingerprint density at radius 2 is 2.06 bits per heavy atom. The van der Waals surface area contributed by atoms with Crippen LogP contribution in [0.5, 0.6) is 0 Å². The second kappa shape index (κ2) is 5.29. The summed E-state index contributed by atoms with van der Waals surface area (Å²) in [6.07, 6.45) is 1.19. The van der Waals surface area contributed by atoms with E-state index in [0.717, 1.165) is 30.3 Å². The number of piperidine rings is 1. The Labute approximate surface area is 108 Å². The van der Waals surface area contributed by atoms with Crippen LogP contribution >= 0.6 is 0 Å². The van der Waals surface area contributed by atoms with E-state index < -0.39 is 0 Å². The minimum absolute atomic E-state index is 0.178. The molecule has 0 amide bonds. The molecular formula is C14H21N3O. The molecule has 1 aliphatic heterocycles. The van der Waals surface area contributed by atoms with Gasteiger partial charge in [-0.2, -0.15) is 0 Å². The van der Waals surface area contributed by atoms with Crippen molar-refractivity contribution in [2.75, 3.05) is 18.0 Å². The molecule has 3 N–H and O–H groups in total. The van der Waals surface area contributed by atoms with Crippen molar-refractivity contribution in [2.24, 2.45) is 22.7 Å². The van der Waals surface area contributed by atoms with Gasteiger partial charge < -0.3 is 15.8 Å². The van der Waals surface area contributed by atoms with Crippen molar-refractivity contribution in [1.29, 1.82) is 0 Å². The Hall–Kier alpha value is -1.71. The highest BCUT2D eigenvalue weighted by Gasteiger charge is 2.24. The van der Waals surface area contributed by atoms with E-state index in [1.807, 2.05) is 24.3 Å². The van der Waals surface area contributed by atoms with Crippen LogP contribution in [-0.4, -0.2) is 24.1 Å². The van der Waals surface area contributed by atoms with E-state index in [4.69, 9.17) is 10.9 Å². The number of anilines is 1. The summed E-state index contributed by atoms with van der Waals surface area (Å²) < 4.78 is 0. The van der Waals surface area contributed by atoms with Crippen LogP contribution in [0.25, 0.3) is 0 Å². The van der Waals surface area contributed by atoms with Crippen LogP contribution in [-0.2, 0) is 0 Å². The summed E-state index contributed by atoms with van der Waals surface area (Å²) >= 11 is 0. The van der Waals surface area contributed by atoms with Gasteiger partial charge in [0.05, 0.1) is 0 Å². The molecule has 0 aromatic heterocycles. The Balaban J connectivity index is 2.28. The van der Waals surface area contributed by atoms with Gasteiger partial charge in [0.2, 0.25) is 0 Å². The molecule has 98 valence electrons. The molecule has 2 atom stereocenters. The van der Waals surface area contributed by atoms with Gasteiger partial charge in [0.25, 0.3) is 0 Å². The molecule has 4 nitrogen and oxygen atoms in total. The molecular weight excluding hydrogens is 226 g/mol. The molecule has 1 aromatic carbocycles. The fourth-order valence-corrected chi connectivity index (χ4v) is 2.50. The summed E-state index contributed by atoms with van der Waals surface area (Å²) in [4.78, 5) is 2.33. The van der Waals surface area contributed by atoms with Crippen LogP contribution < -0.4 is 10.6 Å². The maximum absolute atomic E-state index is 8.85. The van der Waals surface area contributed by atoms with Gasteiger partial charge in [0, 0.05) is 24.3 Å². The fourth-order valence-electron chi connectivity index (χ4n) is 2.50. The third kappa shape index (κ3) is 2.42. The predicted octanol–water partition coefficient (Wildman–Crippen LogP) is 2.26. The zero-order chi connectivity index (χ0) is 13.1. The normalized spacial score (nSPS) is 25.2. The van der Waals surface area contributed by atoms with E-state index in [-0.39, 0.29) is 5.84 Å². The standard InChI is InChI=1S/C14H21N3O/c1-10-7-8-17(9-11(10)2)13-6-4-3-5-12(13)14(15)16-18/h3-6,10-11,18H,7-9H2,1-2H3,(H2,15,16). The highest BCUT2D eigenvalue weighted by molar-refractivity contribution is 6.02. The number of nitrogens with two attached hydrogens (primary N) is 1. The largest absolute Gasteiger partial charge is 0.409 e. The number of hydrogen-bond donors (Lipinski definition) is 2. The predicted molar refractivity (Wildman–Crippen MR) is 74.1 cm³/mol. The topological polar surface area (TPSA) is 61.8 Å². The second-order valence-electron chi connectivity index (χ2n) is 5.19. The van der Waals surface area contributed by atoms with Crippen molar-refractivity contribution in [3.8, 4) is 0 Å². The molecule has 0 aliphatic carbocycles. The van der Waals surface area contributed by atoms with Crippen molar-refractivity contribution in [3.63, 3.8) is 0 Å². The maximum Gasteiger partial charge on any atom is 0.172 e. The number of benzene rings is 1. The van der Waals surface area contributed by atoms with Crippen molar-refractivity contribution < 1.29 is 5.21 Å². The van der Waals surface area contributed by atoms with Gasteiger partial charge in [0.15, 0.2) is 5.84 Å². The Morgan fingerprint density at radius 1 is 1.33 bits per heavy atom. The molecule has 1 fully saturated rings. The van der Waals surface area contributed by atoms with E-state index in [1.54, 1.807) is 0 Å². The number of rotatable bonds is 2. The highest BCUT2D eigenvalue weighted by Crippen LogP contribution is 2.29. The van der Waals surface area contributed by atoms with E-state index in [9.17, 15) is 0 Å². The van der Waals surface area contributed by atoms with Gasteiger partial charge in [-0.05, 0) is 30.4 Å². The lowest BCUT2D eigenvalue weighted by atomic mass is 9.88. The fraction of sp³-hybridized carbons (Fsp3) is 0.500. The van der Waals surface area contributed by atoms with Gasteiger partial charge >= 0.3 is 0 Å². The van der Waals surface area contributed by atoms with Crippen LogP contribution in [0.3, 0.4) is 0 Å². The third-order valence-corrected chi connectivity index (χ3v) is 3.96. The lowest BCUT2D eigenvalue weighted by molar-refractivity contribution is 0.318. The minimum atomic E-state index is 0.178. The summed E-state index contributed by atoms with van der Waals surface area (Å²) in [5.74, 6) is 1.60. The van der Waals surface area contributed by atoms with E-state index >= 15 is 0 Å². The SMILES string of the molecule is CC1CCN(c2ccccc2/C(N)=N/O)CC1C. The van der Waals surface area contributed by atoms with E-state index in [1.165, 1.54) is 6.42 Å². The zero-order valence-electron chi connectivity index (χ0n) is 11.0. The van der Waals surface area contributed by atoms with Crippen LogP contribution in [0.2, 0.25) is 0 Å². The Kier molecular flexibility index (Phi) is 3.75. The molecule has 0 spiro atoms. The van der Waals surface area contributed by atoms with Crippen LogP contribution in [0.4, 0.5) is 5.69 Å². The first kappa shape index (κ1) is 12.7. The van der Waals surface area contributed by atoms with Gasteiger partial charge in [-0.25, -0.2) is 0 Å². The van der Waals surface area contributed by atoms with E-state index in [0.29, 0.717) is 5.92 Å². The van der Waals surface area contributed by atoms with Gasteiger partial charge in [0.1, 0.15) is 0 Å². The quantitative estimate of drug-likeness (QED) is 0.365. The molecule has 2 unspecified atom stereocenters. The molecule has 0 radical (unpaired) electrons. The summed E-state index contributed by atoms with van der Waals surface area (Å²) in [5, 5.41) is 12.0. The first-order chi connectivity index (χ1) is 8.63. The summed E-state index contributed by atoms with van der Waals surface area (Å²) in [6.45, 7) is 6.64. The molecule has 4 heteroatoms. The molecule has 0 saturated carbocycles. The van der Waals surface area contributed by atoms with Crippen molar-refractivity contribution in [2.45, 2.75) is 20.3 Å². The van der Waals surface area contributed by atoms with E-state index in [2.05, 4.69) is 23.9 Å². The molecule has 1 heterocycles. The number of para-hydroxylation sites is 1. The van der Waals surface area contributed by atoms with Crippen molar-refractivity contribution in [3.05, 3.63) is 29.8 Å². The molecule has 0 bridgehead atoms. The Morgan fingerprint density at radius 3 is 2.72 bits per heavy atom. The number of hydrogen-bond acceptors (Lipinski definition) is 3. The first-order valence-electron chi connectivity index (χ1n) is 6.45. The smallest absolute Gasteiger partial charge is 0.172 e. The van der Waals surface area contributed by atoms with Gasteiger partial charge in [-0.15, -0.1) is 0 Å². The molecule has 1 saturated heterocycles. The summed E-state index contributed by atoms with van der Waals surface area (Å²) in [5.41, 5.74) is 7.61. The first-order valence-corrected chi connectivity index (χ1v) is 6.45. The second-order valence-corrected chi connectivity index (χ2v) is 5.19. The van der Waals surface area contributed by atoms with Crippen molar-refractivity contribution in [1.82, 2.24) is 0 Å². The zero-order valence-corrected chi connectivity index (χ0v) is 11.0. The molecule has 2 rings (SSSR count). The summed E-state index contributed by atoms with van der Waals surface area (Å²) in [6, 6.07) is 7.84. The number of oxime groups is 1. The lowest BCUT2D eigenvalue weighted by Gasteiger charge is -2.37. The lowest BCUT2D eigenvalue weighted by Crippen LogP contribution is -2.39. The highest BCUT2D eigenvalue weighted by atomic mass is 16.4.